The third-order valence-electron chi connectivity index (χ3n) is 3.46. The van der Waals surface area contributed by atoms with Crippen LogP contribution in [0.15, 0.2) is 54.6 Å². The number of ether oxygens (including phenoxy) is 2. The van der Waals surface area contributed by atoms with Crippen molar-refractivity contribution in [1.82, 2.24) is 0 Å². The Morgan fingerprint density at radius 1 is 1.12 bits per heavy atom. The number of benzene rings is 2. The first-order valence-corrected chi connectivity index (χ1v) is 8.17. The van der Waals surface area contributed by atoms with E-state index in [0.717, 1.165) is 22.4 Å². The monoisotopic (exact) mass is 324 g/mol. The van der Waals surface area contributed by atoms with Crippen LogP contribution in [0.4, 0.5) is 0 Å². The van der Waals surface area contributed by atoms with Crippen LogP contribution in [-0.4, -0.2) is 12.6 Å². The highest BCUT2D eigenvalue weighted by Crippen LogP contribution is 2.20. The highest BCUT2D eigenvalue weighted by Gasteiger charge is 2.03. The molecule has 24 heavy (non-hydrogen) atoms. The van der Waals surface area contributed by atoms with Crippen molar-refractivity contribution in [3.05, 3.63) is 71.3 Å². The minimum Gasteiger partial charge on any atom is -0.489 e. The van der Waals surface area contributed by atoms with E-state index >= 15 is 0 Å². The summed E-state index contributed by atoms with van der Waals surface area (Å²) in [4.78, 5) is 11.7. The van der Waals surface area contributed by atoms with Crippen LogP contribution < -0.4 is 4.74 Å². The van der Waals surface area contributed by atoms with Crippen LogP contribution in [0.2, 0.25) is 0 Å². The van der Waals surface area contributed by atoms with Gasteiger partial charge in [-0.25, -0.2) is 4.79 Å². The van der Waals surface area contributed by atoms with Crippen molar-refractivity contribution < 1.29 is 14.3 Å². The zero-order valence-corrected chi connectivity index (χ0v) is 14.5. The minimum atomic E-state index is -0.321. The molecule has 0 radical (unpaired) electrons. The lowest BCUT2D eigenvalue weighted by Crippen LogP contribution is -2.07. The van der Waals surface area contributed by atoms with Gasteiger partial charge in [0.2, 0.25) is 0 Å². The molecule has 0 aliphatic rings. The summed E-state index contributed by atoms with van der Waals surface area (Å²) in [6.07, 6.45) is 3.24. The molecule has 0 amide bonds. The molecule has 0 aromatic heterocycles. The van der Waals surface area contributed by atoms with E-state index in [1.54, 1.807) is 6.08 Å². The minimum absolute atomic E-state index is 0.321. The summed E-state index contributed by atoms with van der Waals surface area (Å²) in [7, 11) is 0. The van der Waals surface area contributed by atoms with Crippen LogP contribution in [0.1, 0.15) is 30.5 Å². The number of hydrogen-bond acceptors (Lipinski definition) is 3. The second kappa shape index (κ2) is 8.92. The van der Waals surface area contributed by atoms with Gasteiger partial charge in [-0.05, 0) is 47.7 Å². The Hall–Kier alpha value is -2.55. The first kappa shape index (κ1) is 17.8. The molecule has 0 aliphatic heterocycles. The zero-order valence-electron chi connectivity index (χ0n) is 14.5. The maximum absolute atomic E-state index is 11.7. The predicted molar refractivity (Wildman–Crippen MR) is 96.8 cm³/mol. The highest BCUT2D eigenvalue weighted by atomic mass is 16.5. The standard InChI is InChI=1S/C21H24O3/c1-16(2)14-24-21(22)12-10-19-13-20(11-9-17(19)3)23-15-18-7-5-4-6-8-18/h4-13,16H,14-15H2,1-3H3/b12-10+. The van der Waals surface area contributed by atoms with E-state index in [4.69, 9.17) is 9.47 Å². The number of rotatable bonds is 7. The van der Waals surface area contributed by atoms with Crippen molar-refractivity contribution in [2.75, 3.05) is 6.61 Å². The first-order valence-electron chi connectivity index (χ1n) is 8.17. The summed E-state index contributed by atoms with van der Waals surface area (Å²) in [5, 5.41) is 0. The van der Waals surface area contributed by atoms with Gasteiger partial charge < -0.3 is 9.47 Å². The second-order valence-corrected chi connectivity index (χ2v) is 6.15. The molecule has 0 unspecified atom stereocenters. The Morgan fingerprint density at radius 2 is 1.88 bits per heavy atom. The van der Waals surface area contributed by atoms with Gasteiger partial charge in [0.15, 0.2) is 0 Å². The summed E-state index contributed by atoms with van der Waals surface area (Å²) in [6, 6.07) is 15.9. The van der Waals surface area contributed by atoms with Crippen LogP contribution in [0.3, 0.4) is 0 Å². The summed E-state index contributed by atoms with van der Waals surface area (Å²) in [5.41, 5.74) is 3.14. The van der Waals surface area contributed by atoms with Crippen molar-refractivity contribution in [3.63, 3.8) is 0 Å². The largest absolute Gasteiger partial charge is 0.489 e. The molecule has 126 valence electrons. The summed E-state index contributed by atoms with van der Waals surface area (Å²) < 4.78 is 11.0. The predicted octanol–water partition coefficient (Wildman–Crippen LogP) is 4.79. The van der Waals surface area contributed by atoms with Crippen molar-refractivity contribution >= 4 is 12.0 Å². The smallest absolute Gasteiger partial charge is 0.330 e. The molecule has 0 spiro atoms. The van der Waals surface area contributed by atoms with Gasteiger partial charge in [0.05, 0.1) is 6.61 Å². The molecule has 0 aliphatic carbocycles. The molecule has 2 rings (SSSR count). The lowest BCUT2D eigenvalue weighted by molar-refractivity contribution is -0.138. The second-order valence-electron chi connectivity index (χ2n) is 6.15. The van der Waals surface area contributed by atoms with E-state index in [-0.39, 0.29) is 5.97 Å². The molecule has 2 aromatic carbocycles. The average molecular weight is 324 g/mol. The molecule has 0 atom stereocenters. The van der Waals surface area contributed by atoms with Gasteiger partial charge in [-0.3, -0.25) is 0 Å². The fourth-order valence-electron chi connectivity index (χ4n) is 2.08. The molecular formula is C21H24O3. The van der Waals surface area contributed by atoms with E-state index in [2.05, 4.69) is 0 Å². The molecule has 3 heteroatoms. The normalized spacial score (nSPS) is 11.0. The molecule has 0 fully saturated rings. The van der Waals surface area contributed by atoms with Crippen LogP contribution in [-0.2, 0) is 16.1 Å². The van der Waals surface area contributed by atoms with Gasteiger partial charge in [0, 0.05) is 6.08 Å². The van der Waals surface area contributed by atoms with E-state index in [0.29, 0.717) is 19.1 Å². The molecule has 3 nitrogen and oxygen atoms in total. The van der Waals surface area contributed by atoms with E-state index in [9.17, 15) is 4.79 Å². The van der Waals surface area contributed by atoms with Crippen LogP contribution in [0, 0.1) is 12.8 Å². The van der Waals surface area contributed by atoms with E-state index < -0.39 is 0 Å². The number of esters is 1. The summed E-state index contributed by atoms with van der Waals surface area (Å²) >= 11 is 0. The third-order valence-corrected chi connectivity index (χ3v) is 3.46. The van der Waals surface area contributed by atoms with Gasteiger partial charge in [-0.1, -0.05) is 50.2 Å². The molecule has 0 heterocycles. The summed E-state index contributed by atoms with van der Waals surface area (Å²) in [6.45, 7) is 6.97. The topological polar surface area (TPSA) is 35.5 Å². The van der Waals surface area contributed by atoms with Crippen molar-refractivity contribution in [2.45, 2.75) is 27.4 Å². The van der Waals surface area contributed by atoms with E-state index in [1.807, 2.05) is 69.3 Å². The molecule has 2 aromatic rings. The molecule has 0 saturated carbocycles. The van der Waals surface area contributed by atoms with Gasteiger partial charge >= 0.3 is 5.97 Å². The Morgan fingerprint density at radius 3 is 2.58 bits per heavy atom. The highest BCUT2D eigenvalue weighted by molar-refractivity contribution is 5.87. The maximum Gasteiger partial charge on any atom is 0.330 e. The van der Waals surface area contributed by atoms with Crippen molar-refractivity contribution in [3.8, 4) is 5.75 Å². The van der Waals surface area contributed by atoms with Crippen molar-refractivity contribution in [1.29, 1.82) is 0 Å². The Kier molecular flexibility index (Phi) is 6.62. The lowest BCUT2D eigenvalue weighted by atomic mass is 10.1. The molecule has 0 N–H and O–H groups in total. The Balaban J connectivity index is 1.99. The zero-order chi connectivity index (χ0) is 17.4. The number of carbonyl (C=O) groups excluding carboxylic acids is 1. The number of aryl methyl sites for hydroxylation is 1. The van der Waals surface area contributed by atoms with Crippen molar-refractivity contribution in [2.24, 2.45) is 5.92 Å². The third kappa shape index (κ3) is 5.92. The van der Waals surface area contributed by atoms with E-state index in [1.165, 1.54) is 6.08 Å². The molecule has 0 bridgehead atoms. The first-order chi connectivity index (χ1) is 11.5. The lowest BCUT2D eigenvalue weighted by Gasteiger charge is -2.09. The number of carbonyl (C=O) groups is 1. The maximum atomic E-state index is 11.7. The van der Waals surface area contributed by atoms with Gasteiger partial charge in [-0.15, -0.1) is 0 Å². The van der Waals surface area contributed by atoms with Crippen LogP contribution >= 0.6 is 0 Å². The quantitative estimate of drug-likeness (QED) is 0.543. The average Bonchev–Trinajstić information content (AvgIpc) is 2.59. The SMILES string of the molecule is Cc1ccc(OCc2ccccc2)cc1/C=C/C(=O)OCC(C)C. The Bertz CT molecular complexity index is 687. The van der Waals surface area contributed by atoms with Gasteiger partial charge in [0.25, 0.3) is 0 Å². The van der Waals surface area contributed by atoms with Crippen LogP contribution in [0.25, 0.3) is 6.08 Å². The van der Waals surface area contributed by atoms with Gasteiger partial charge in [-0.2, -0.15) is 0 Å². The fourth-order valence-corrected chi connectivity index (χ4v) is 2.08. The molecule has 0 saturated heterocycles. The molecular weight excluding hydrogens is 300 g/mol. The fraction of sp³-hybridized carbons (Fsp3) is 0.286. The summed E-state index contributed by atoms with van der Waals surface area (Å²) in [5.74, 6) is 0.789. The number of hydrogen-bond donors (Lipinski definition) is 0. The van der Waals surface area contributed by atoms with Gasteiger partial charge in [0.1, 0.15) is 12.4 Å². The Labute approximate surface area is 143 Å². The van der Waals surface area contributed by atoms with Crippen LogP contribution in [0.5, 0.6) is 5.75 Å².